The van der Waals surface area contributed by atoms with Crippen molar-refractivity contribution in [3.05, 3.63) is 71.7 Å². The second kappa shape index (κ2) is 7.93. The average Bonchev–Trinajstić information content (AvgIpc) is 3.15. The van der Waals surface area contributed by atoms with Crippen LogP contribution in [0.4, 0.5) is 5.13 Å². The van der Waals surface area contributed by atoms with Crippen molar-refractivity contribution in [1.29, 1.82) is 0 Å². The third-order valence-corrected chi connectivity index (χ3v) is 6.76. The maximum atomic E-state index is 12.9. The maximum Gasteiger partial charge on any atom is 0.265 e. The van der Waals surface area contributed by atoms with Crippen molar-refractivity contribution in [2.45, 2.75) is 25.2 Å². The summed E-state index contributed by atoms with van der Waals surface area (Å²) in [5.74, 6) is 0.602. The Balaban J connectivity index is 1.58. The minimum absolute atomic E-state index is 0.144. The Morgan fingerprint density at radius 1 is 1.03 bits per heavy atom. The second-order valence-electron chi connectivity index (χ2n) is 7.27. The van der Waals surface area contributed by atoms with Crippen LogP contribution in [0.5, 0.6) is 0 Å². The molecule has 0 aliphatic carbocycles. The Kier molecular flexibility index (Phi) is 5.34. The summed E-state index contributed by atoms with van der Waals surface area (Å²) in [4.78, 5) is 8.85. The van der Waals surface area contributed by atoms with Gasteiger partial charge in [-0.1, -0.05) is 56.3 Å². The number of thiazole rings is 1. The van der Waals surface area contributed by atoms with Crippen molar-refractivity contribution in [2.75, 3.05) is 4.72 Å². The molecule has 4 rings (SSSR count). The number of nitrogens with one attached hydrogen (secondary N) is 1. The highest BCUT2D eigenvalue weighted by molar-refractivity contribution is 7.93. The molecule has 2 aromatic carbocycles. The molecule has 0 unspecified atom stereocenters. The number of pyridine rings is 1. The van der Waals surface area contributed by atoms with Crippen molar-refractivity contribution >= 4 is 37.4 Å². The predicted molar refractivity (Wildman–Crippen MR) is 119 cm³/mol. The summed E-state index contributed by atoms with van der Waals surface area (Å²) in [6.45, 7) is 4.39. The van der Waals surface area contributed by atoms with Crippen molar-refractivity contribution < 1.29 is 8.42 Å². The van der Waals surface area contributed by atoms with Crippen molar-refractivity contribution in [2.24, 2.45) is 5.92 Å². The lowest BCUT2D eigenvalue weighted by atomic mass is 10.0. The molecular weight excluding hydrogens is 402 g/mol. The van der Waals surface area contributed by atoms with Gasteiger partial charge in [0.25, 0.3) is 10.0 Å². The summed E-state index contributed by atoms with van der Waals surface area (Å²) in [7, 11) is -3.79. The first-order chi connectivity index (χ1) is 13.9. The van der Waals surface area contributed by atoms with E-state index in [4.69, 9.17) is 0 Å². The first-order valence-electron chi connectivity index (χ1n) is 9.34. The molecule has 5 nitrogen and oxygen atoms in total. The smallest absolute Gasteiger partial charge is 0.255 e. The van der Waals surface area contributed by atoms with E-state index in [1.165, 1.54) is 16.9 Å². The van der Waals surface area contributed by atoms with Crippen LogP contribution in [0.3, 0.4) is 0 Å². The van der Waals surface area contributed by atoms with Crippen LogP contribution < -0.4 is 4.72 Å². The van der Waals surface area contributed by atoms with Gasteiger partial charge in [0.15, 0.2) is 5.13 Å². The number of hydrogen-bond acceptors (Lipinski definition) is 5. The number of nitrogens with zero attached hydrogens (tertiary/aromatic N) is 2. The largest absolute Gasteiger partial charge is 0.265 e. The Morgan fingerprint density at radius 2 is 1.79 bits per heavy atom. The minimum Gasteiger partial charge on any atom is -0.255 e. The summed E-state index contributed by atoms with van der Waals surface area (Å²) in [5.41, 5.74) is 3.44. The fourth-order valence-electron chi connectivity index (χ4n) is 3.20. The Hall–Kier alpha value is -2.77. The number of sulfonamides is 1. The average molecular weight is 424 g/mol. The lowest BCUT2D eigenvalue weighted by Gasteiger charge is -2.08. The minimum atomic E-state index is -3.79. The van der Waals surface area contributed by atoms with E-state index in [0.29, 0.717) is 16.6 Å². The van der Waals surface area contributed by atoms with E-state index in [0.717, 1.165) is 23.1 Å². The Morgan fingerprint density at radius 3 is 2.55 bits per heavy atom. The molecule has 29 heavy (non-hydrogen) atoms. The molecule has 0 aliphatic rings. The van der Waals surface area contributed by atoms with Gasteiger partial charge in [0.2, 0.25) is 0 Å². The molecule has 2 aromatic heterocycles. The van der Waals surface area contributed by atoms with Crippen LogP contribution in [0.2, 0.25) is 0 Å². The molecule has 2 heterocycles. The Bertz CT molecular complexity index is 1240. The van der Waals surface area contributed by atoms with Gasteiger partial charge in [0.1, 0.15) is 4.90 Å². The first kappa shape index (κ1) is 19.5. The highest BCUT2D eigenvalue weighted by Gasteiger charge is 2.20. The molecule has 7 heteroatoms. The number of aromatic nitrogens is 2. The van der Waals surface area contributed by atoms with Crippen LogP contribution in [0.1, 0.15) is 19.4 Å². The summed E-state index contributed by atoms with van der Waals surface area (Å²) >= 11 is 1.26. The third-order valence-electron chi connectivity index (χ3n) is 4.50. The van der Waals surface area contributed by atoms with E-state index in [2.05, 4.69) is 40.7 Å². The molecule has 1 N–H and O–H groups in total. The molecule has 0 bridgehead atoms. The van der Waals surface area contributed by atoms with Gasteiger partial charge in [-0.2, -0.15) is 0 Å². The zero-order valence-electron chi connectivity index (χ0n) is 16.2. The van der Waals surface area contributed by atoms with E-state index in [9.17, 15) is 8.42 Å². The number of benzene rings is 2. The summed E-state index contributed by atoms with van der Waals surface area (Å²) < 4.78 is 28.4. The molecule has 0 amide bonds. The van der Waals surface area contributed by atoms with Gasteiger partial charge in [-0.15, -0.1) is 11.3 Å². The molecule has 0 fully saturated rings. The van der Waals surface area contributed by atoms with Crippen LogP contribution in [-0.2, 0) is 16.4 Å². The zero-order valence-corrected chi connectivity index (χ0v) is 17.8. The van der Waals surface area contributed by atoms with Gasteiger partial charge >= 0.3 is 0 Å². The van der Waals surface area contributed by atoms with E-state index in [-0.39, 0.29) is 4.90 Å². The van der Waals surface area contributed by atoms with Crippen LogP contribution in [0.15, 0.2) is 71.1 Å². The molecule has 0 radical (unpaired) electrons. The maximum absolute atomic E-state index is 12.9. The van der Waals surface area contributed by atoms with Gasteiger partial charge in [-0.25, -0.2) is 13.4 Å². The van der Waals surface area contributed by atoms with Crippen LogP contribution in [-0.4, -0.2) is 18.4 Å². The fraction of sp³-hybridized carbons (Fsp3) is 0.182. The molecule has 0 saturated heterocycles. The quantitative estimate of drug-likeness (QED) is 0.453. The van der Waals surface area contributed by atoms with Crippen LogP contribution >= 0.6 is 11.3 Å². The third kappa shape index (κ3) is 4.31. The topological polar surface area (TPSA) is 72.0 Å². The zero-order chi connectivity index (χ0) is 20.4. The fourth-order valence-corrected chi connectivity index (χ4v) is 5.35. The SMILES string of the molecule is CC(C)Cc1ccc(-c2csc(NS(=O)(=O)c3cccc4cccnc34)n2)cc1. The van der Waals surface area contributed by atoms with E-state index < -0.39 is 10.0 Å². The van der Waals surface area contributed by atoms with Gasteiger partial charge in [0, 0.05) is 22.5 Å². The standard InChI is InChI=1S/C22H21N3O2S2/c1-15(2)13-16-8-10-17(11-9-16)19-14-28-22(24-19)25-29(26,27)20-7-3-5-18-6-4-12-23-21(18)20/h3-12,14-15H,13H2,1-2H3,(H,24,25). The van der Waals surface area contributed by atoms with Crippen LogP contribution in [0, 0.1) is 5.92 Å². The number of rotatable bonds is 6. The summed E-state index contributed by atoms with van der Waals surface area (Å²) in [6.07, 6.45) is 2.62. The van der Waals surface area contributed by atoms with Crippen molar-refractivity contribution in [1.82, 2.24) is 9.97 Å². The second-order valence-corrected chi connectivity index (χ2v) is 9.78. The van der Waals surface area contributed by atoms with Gasteiger partial charge < -0.3 is 0 Å². The summed E-state index contributed by atoms with van der Waals surface area (Å²) in [5, 5.41) is 2.97. The first-order valence-corrected chi connectivity index (χ1v) is 11.7. The normalized spacial score (nSPS) is 11.8. The monoisotopic (exact) mass is 423 g/mol. The van der Waals surface area contributed by atoms with Gasteiger partial charge in [-0.05, 0) is 30.0 Å². The van der Waals surface area contributed by atoms with Gasteiger partial charge in [0.05, 0.1) is 11.2 Å². The van der Waals surface area contributed by atoms with Gasteiger partial charge in [-0.3, -0.25) is 9.71 Å². The molecule has 4 aromatic rings. The van der Waals surface area contributed by atoms with E-state index in [1.807, 2.05) is 29.6 Å². The van der Waals surface area contributed by atoms with Crippen LogP contribution in [0.25, 0.3) is 22.2 Å². The number of hydrogen-bond donors (Lipinski definition) is 1. The van der Waals surface area contributed by atoms with Crippen molar-refractivity contribution in [3.8, 4) is 11.3 Å². The van der Waals surface area contributed by atoms with E-state index >= 15 is 0 Å². The number of fused-ring (bicyclic) bond motifs is 1. The molecule has 0 saturated carbocycles. The molecule has 0 atom stereocenters. The molecule has 0 aliphatic heterocycles. The molecule has 0 spiro atoms. The van der Waals surface area contributed by atoms with E-state index in [1.54, 1.807) is 24.4 Å². The molecular formula is C22H21N3O2S2. The lowest BCUT2D eigenvalue weighted by Crippen LogP contribution is -2.13. The highest BCUT2D eigenvalue weighted by atomic mass is 32.2. The van der Waals surface area contributed by atoms with Crippen molar-refractivity contribution in [3.63, 3.8) is 0 Å². The lowest BCUT2D eigenvalue weighted by molar-refractivity contribution is 0.602. The summed E-state index contributed by atoms with van der Waals surface area (Å²) in [6, 6.07) is 17.0. The Labute approximate surface area is 174 Å². The number of para-hydroxylation sites is 1. The predicted octanol–water partition coefficient (Wildman–Crippen LogP) is 5.36. The number of anilines is 1. The highest BCUT2D eigenvalue weighted by Crippen LogP contribution is 2.28. The molecule has 148 valence electrons.